The molecule has 5 heteroatoms. The van der Waals surface area contributed by atoms with Gasteiger partial charge in [0.1, 0.15) is 5.82 Å². The Bertz CT molecular complexity index is 857. The lowest BCUT2D eigenvalue weighted by molar-refractivity contribution is -0.119. The highest BCUT2D eigenvalue weighted by atomic mass is 16.5. The summed E-state index contributed by atoms with van der Waals surface area (Å²) in [6.07, 6.45) is 4.55. The monoisotopic (exact) mass is 333 g/mol. The smallest absolute Gasteiger partial charge is 0.227 e. The first-order valence-electron chi connectivity index (χ1n) is 8.39. The molecule has 1 aromatic heterocycles. The minimum absolute atomic E-state index is 0.0487. The summed E-state index contributed by atoms with van der Waals surface area (Å²) in [6.45, 7) is 0.660. The summed E-state index contributed by atoms with van der Waals surface area (Å²) in [5.74, 6) is 0.762. The summed E-state index contributed by atoms with van der Waals surface area (Å²) < 4.78 is 5.81. The average Bonchev–Trinajstić information content (AvgIpc) is 3.17. The number of imidazole rings is 1. The quantitative estimate of drug-likeness (QED) is 0.765. The van der Waals surface area contributed by atoms with Gasteiger partial charge in [-0.1, -0.05) is 24.3 Å². The molecule has 1 amide bonds. The van der Waals surface area contributed by atoms with Crippen molar-refractivity contribution in [2.75, 3.05) is 11.9 Å². The fraction of sp³-hybridized carbons (Fsp3) is 0.200. The Morgan fingerprint density at radius 2 is 2.04 bits per heavy atom. The number of carbonyl (C=O) groups excluding carboxylic acids is 1. The van der Waals surface area contributed by atoms with Crippen molar-refractivity contribution in [2.45, 2.75) is 18.9 Å². The molecule has 126 valence electrons. The second kappa shape index (κ2) is 6.91. The van der Waals surface area contributed by atoms with Gasteiger partial charge < -0.3 is 15.0 Å². The van der Waals surface area contributed by atoms with Gasteiger partial charge in [-0.05, 0) is 41.8 Å². The first-order chi connectivity index (χ1) is 12.3. The molecule has 0 saturated carbocycles. The summed E-state index contributed by atoms with van der Waals surface area (Å²) >= 11 is 0. The highest BCUT2D eigenvalue weighted by Gasteiger charge is 2.23. The number of hydrogen-bond donors (Lipinski definition) is 2. The van der Waals surface area contributed by atoms with Crippen LogP contribution in [0.15, 0.2) is 60.9 Å². The molecule has 25 heavy (non-hydrogen) atoms. The van der Waals surface area contributed by atoms with Gasteiger partial charge in [-0.2, -0.15) is 0 Å². The van der Waals surface area contributed by atoms with E-state index in [1.54, 1.807) is 12.4 Å². The minimum Gasteiger partial charge on any atom is -0.373 e. The van der Waals surface area contributed by atoms with E-state index in [2.05, 4.69) is 21.4 Å². The molecule has 2 aromatic carbocycles. The van der Waals surface area contributed by atoms with Crippen LogP contribution in [0.3, 0.4) is 0 Å². The van der Waals surface area contributed by atoms with Crippen LogP contribution >= 0.6 is 0 Å². The number of ether oxygens (including phenoxy) is 1. The Balaban J connectivity index is 1.41. The third-order valence-corrected chi connectivity index (χ3v) is 4.40. The van der Waals surface area contributed by atoms with Gasteiger partial charge in [-0.25, -0.2) is 4.98 Å². The van der Waals surface area contributed by atoms with Crippen molar-refractivity contribution in [3.63, 3.8) is 0 Å². The van der Waals surface area contributed by atoms with Crippen LogP contribution in [0.25, 0.3) is 11.4 Å². The van der Waals surface area contributed by atoms with Gasteiger partial charge in [0, 0.05) is 23.6 Å². The highest BCUT2D eigenvalue weighted by Crippen LogP contribution is 2.29. The van der Waals surface area contributed by atoms with Gasteiger partial charge in [-0.15, -0.1) is 0 Å². The molecule has 1 atom stereocenters. The molecule has 0 saturated heterocycles. The van der Waals surface area contributed by atoms with E-state index < -0.39 is 0 Å². The van der Waals surface area contributed by atoms with E-state index in [0.29, 0.717) is 13.0 Å². The molecule has 1 aliphatic heterocycles. The maximum atomic E-state index is 12.4. The molecule has 2 N–H and O–H groups in total. The van der Waals surface area contributed by atoms with Crippen LogP contribution in [0.4, 0.5) is 5.69 Å². The zero-order chi connectivity index (χ0) is 17.1. The molecule has 0 spiro atoms. The van der Waals surface area contributed by atoms with Crippen molar-refractivity contribution in [3.05, 3.63) is 72.1 Å². The summed E-state index contributed by atoms with van der Waals surface area (Å²) in [7, 11) is 0. The molecule has 5 nitrogen and oxygen atoms in total. The molecule has 2 heterocycles. The summed E-state index contributed by atoms with van der Waals surface area (Å²) in [5, 5.41) is 2.94. The maximum absolute atomic E-state index is 12.4. The Morgan fingerprint density at radius 1 is 1.20 bits per heavy atom. The van der Waals surface area contributed by atoms with Gasteiger partial charge >= 0.3 is 0 Å². The first kappa shape index (κ1) is 15.6. The van der Waals surface area contributed by atoms with Gasteiger partial charge in [0.15, 0.2) is 0 Å². The van der Waals surface area contributed by atoms with Crippen LogP contribution in [-0.2, 0) is 16.0 Å². The molecular weight excluding hydrogens is 314 g/mol. The number of aromatic nitrogens is 2. The van der Waals surface area contributed by atoms with E-state index in [-0.39, 0.29) is 12.0 Å². The number of aromatic amines is 1. The standard InChI is InChI=1S/C20H19N3O2/c24-19(13-18-17-4-2-1-3-14(17)9-12-25-18)23-16-7-5-15(6-8-16)20-21-10-11-22-20/h1-8,10-11,18H,9,12-13H2,(H,21,22)(H,23,24)/t18-/m1/s1. The van der Waals surface area contributed by atoms with Gasteiger partial charge in [0.05, 0.1) is 19.1 Å². The number of nitrogens with zero attached hydrogens (tertiary/aromatic N) is 1. The molecule has 0 unspecified atom stereocenters. The number of carbonyl (C=O) groups is 1. The summed E-state index contributed by atoms with van der Waals surface area (Å²) in [4.78, 5) is 19.7. The Labute approximate surface area is 146 Å². The zero-order valence-corrected chi connectivity index (χ0v) is 13.7. The van der Waals surface area contributed by atoms with Crippen LogP contribution in [0.2, 0.25) is 0 Å². The third-order valence-electron chi connectivity index (χ3n) is 4.40. The number of fused-ring (bicyclic) bond motifs is 1. The highest BCUT2D eigenvalue weighted by molar-refractivity contribution is 5.91. The summed E-state index contributed by atoms with van der Waals surface area (Å²) in [6, 6.07) is 15.8. The Kier molecular flexibility index (Phi) is 4.31. The van der Waals surface area contributed by atoms with Crippen molar-refractivity contribution >= 4 is 11.6 Å². The summed E-state index contributed by atoms with van der Waals surface area (Å²) in [5.41, 5.74) is 4.14. The topological polar surface area (TPSA) is 67.0 Å². The number of anilines is 1. The second-order valence-electron chi connectivity index (χ2n) is 6.08. The first-order valence-corrected chi connectivity index (χ1v) is 8.39. The van der Waals surface area contributed by atoms with E-state index in [4.69, 9.17) is 4.74 Å². The minimum atomic E-state index is -0.174. The van der Waals surface area contributed by atoms with Crippen LogP contribution in [-0.4, -0.2) is 22.5 Å². The predicted octanol–water partition coefficient (Wildman–Crippen LogP) is 3.72. The normalized spacial score (nSPS) is 16.2. The maximum Gasteiger partial charge on any atom is 0.227 e. The lowest BCUT2D eigenvalue weighted by Crippen LogP contribution is -2.22. The van der Waals surface area contributed by atoms with E-state index in [0.717, 1.165) is 29.1 Å². The Hall–Kier alpha value is -2.92. The molecule has 1 aliphatic rings. The van der Waals surface area contributed by atoms with Crippen LogP contribution in [0, 0.1) is 0 Å². The molecular formula is C20H19N3O2. The van der Waals surface area contributed by atoms with Crippen molar-refractivity contribution in [2.24, 2.45) is 0 Å². The number of hydrogen-bond acceptors (Lipinski definition) is 3. The number of nitrogens with one attached hydrogen (secondary N) is 2. The van der Waals surface area contributed by atoms with Crippen LogP contribution in [0.1, 0.15) is 23.7 Å². The number of benzene rings is 2. The molecule has 0 bridgehead atoms. The lowest BCUT2D eigenvalue weighted by atomic mass is 9.95. The average molecular weight is 333 g/mol. The number of amides is 1. The Morgan fingerprint density at radius 3 is 2.84 bits per heavy atom. The molecule has 0 aliphatic carbocycles. The van der Waals surface area contributed by atoms with E-state index in [1.165, 1.54) is 5.56 Å². The third kappa shape index (κ3) is 3.46. The van der Waals surface area contributed by atoms with Crippen LogP contribution < -0.4 is 5.32 Å². The van der Waals surface area contributed by atoms with Gasteiger partial charge in [-0.3, -0.25) is 4.79 Å². The fourth-order valence-corrected chi connectivity index (χ4v) is 3.16. The molecule has 0 fully saturated rings. The van der Waals surface area contributed by atoms with E-state index in [1.807, 2.05) is 42.5 Å². The fourth-order valence-electron chi connectivity index (χ4n) is 3.16. The number of H-pyrrole nitrogens is 1. The molecule has 0 radical (unpaired) electrons. The lowest BCUT2D eigenvalue weighted by Gasteiger charge is -2.25. The van der Waals surface area contributed by atoms with Crippen molar-refractivity contribution in [1.29, 1.82) is 0 Å². The van der Waals surface area contributed by atoms with Crippen molar-refractivity contribution < 1.29 is 9.53 Å². The largest absolute Gasteiger partial charge is 0.373 e. The molecule has 3 aromatic rings. The zero-order valence-electron chi connectivity index (χ0n) is 13.7. The predicted molar refractivity (Wildman–Crippen MR) is 96.1 cm³/mol. The molecule has 4 rings (SSSR count). The van der Waals surface area contributed by atoms with Crippen molar-refractivity contribution in [3.8, 4) is 11.4 Å². The number of rotatable bonds is 4. The van der Waals surface area contributed by atoms with Crippen molar-refractivity contribution in [1.82, 2.24) is 9.97 Å². The van der Waals surface area contributed by atoms with E-state index in [9.17, 15) is 4.79 Å². The second-order valence-corrected chi connectivity index (χ2v) is 6.08. The van der Waals surface area contributed by atoms with Gasteiger partial charge in [0.25, 0.3) is 0 Å². The van der Waals surface area contributed by atoms with Gasteiger partial charge in [0.2, 0.25) is 5.91 Å². The van der Waals surface area contributed by atoms with E-state index >= 15 is 0 Å². The SMILES string of the molecule is O=C(C[C@H]1OCCc2ccccc21)Nc1ccc(-c2ncc[nH]2)cc1. The van der Waals surface area contributed by atoms with Crippen LogP contribution in [0.5, 0.6) is 0 Å².